The molecule has 6 heteroatoms. The molecule has 0 aliphatic carbocycles. The fraction of sp³-hybridized carbons (Fsp3) is 0.333. The Labute approximate surface area is 164 Å². The van der Waals surface area contributed by atoms with Crippen molar-refractivity contribution in [1.82, 2.24) is 16.0 Å². The molecule has 0 aromatic heterocycles. The lowest BCUT2D eigenvalue weighted by molar-refractivity contribution is -0.125. The molecule has 1 aliphatic heterocycles. The molecule has 2 amide bonds. The van der Waals surface area contributed by atoms with Gasteiger partial charge in [0.1, 0.15) is 6.17 Å². The highest BCUT2D eigenvalue weighted by atomic mass is 35.5. The van der Waals surface area contributed by atoms with Gasteiger partial charge in [0.15, 0.2) is 0 Å². The maximum atomic E-state index is 12.3. The number of nitrogens with one attached hydrogen (secondary N) is 3. The van der Waals surface area contributed by atoms with Crippen molar-refractivity contribution in [2.45, 2.75) is 39.0 Å². The van der Waals surface area contributed by atoms with E-state index in [0.717, 1.165) is 16.7 Å². The number of hydrogen-bond donors (Lipinski definition) is 3. The van der Waals surface area contributed by atoms with E-state index in [2.05, 4.69) is 16.0 Å². The van der Waals surface area contributed by atoms with Crippen molar-refractivity contribution in [2.24, 2.45) is 5.92 Å². The van der Waals surface area contributed by atoms with Crippen molar-refractivity contribution in [2.75, 3.05) is 0 Å². The van der Waals surface area contributed by atoms with Crippen LogP contribution in [-0.2, 0) is 16.1 Å². The SMILES string of the molecule is CC(C)C(=O)NCc1ccc(Cl)c(C2NC(=O)CC(c3ccccc3)N2)c1. The van der Waals surface area contributed by atoms with Gasteiger partial charge in [0.05, 0.1) is 0 Å². The molecule has 3 N–H and O–H groups in total. The van der Waals surface area contributed by atoms with Crippen LogP contribution in [0.25, 0.3) is 0 Å². The van der Waals surface area contributed by atoms with Crippen LogP contribution in [-0.4, -0.2) is 11.8 Å². The number of rotatable bonds is 5. The zero-order valence-electron chi connectivity index (χ0n) is 15.5. The minimum atomic E-state index is -0.385. The first-order valence-corrected chi connectivity index (χ1v) is 9.48. The van der Waals surface area contributed by atoms with Crippen molar-refractivity contribution >= 4 is 23.4 Å². The molecule has 2 unspecified atom stereocenters. The minimum Gasteiger partial charge on any atom is -0.352 e. The van der Waals surface area contributed by atoms with E-state index in [-0.39, 0.29) is 29.9 Å². The molecule has 0 saturated carbocycles. The fourth-order valence-corrected chi connectivity index (χ4v) is 3.32. The van der Waals surface area contributed by atoms with Crippen LogP contribution in [0.4, 0.5) is 0 Å². The fourth-order valence-electron chi connectivity index (χ4n) is 3.09. The first-order valence-electron chi connectivity index (χ1n) is 9.10. The summed E-state index contributed by atoms with van der Waals surface area (Å²) in [5, 5.41) is 9.90. The van der Waals surface area contributed by atoms with Gasteiger partial charge in [-0.2, -0.15) is 0 Å². The largest absolute Gasteiger partial charge is 0.352 e. The van der Waals surface area contributed by atoms with E-state index in [0.29, 0.717) is 18.0 Å². The number of carbonyl (C=O) groups excluding carboxylic acids is 2. The number of hydrogen-bond acceptors (Lipinski definition) is 3. The van der Waals surface area contributed by atoms with Crippen LogP contribution in [0.3, 0.4) is 0 Å². The normalized spacial score (nSPS) is 19.6. The quantitative estimate of drug-likeness (QED) is 0.738. The van der Waals surface area contributed by atoms with Crippen LogP contribution in [0.1, 0.15) is 49.2 Å². The Hall–Kier alpha value is -2.37. The highest BCUT2D eigenvalue weighted by Crippen LogP contribution is 2.29. The molecule has 0 radical (unpaired) electrons. The van der Waals surface area contributed by atoms with Crippen molar-refractivity contribution in [3.63, 3.8) is 0 Å². The van der Waals surface area contributed by atoms with E-state index >= 15 is 0 Å². The number of amides is 2. The standard InChI is InChI=1S/C21H24ClN3O2/c1-13(2)21(27)23-12-14-8-9-17(22)16(10-14)20-24-18(11-19(26)25-20)15-6-4-3-5-7-15/h3-10,13,18,20,24H,11-12H2,1-2H3,(H,23,27)(H,25,26). The van der Waals surface area contributed by atoms with Gasteiger partial charge in [-0.3, -0.25) is 14.9 Å². The third-order valence-corrected chi connectivity index (χ3v) is 4.97. The molecule has 2 atom stereocenters. The van der Waals surface area contributed by atoms with Gasteiger partial charge in [-0.05, 0) is 23.3 Å². The monoisotopic (exact) mass is 385 g/mol. The Balaban J connectivity index is 1.78. The maximum Gasteiger partial charge on any atom is 0.223 e. The second kappa shape index (κ2) is 8.55. The molecule has 0 bridgehead atoms. The van der Waals surface area contributed by atoms with E-state index in [1.807, 2.05) is 56.3 Å². The van der Waals surface area contributed by atoms with Gasteiger partial charge in [-0.1, -0.05) is 61.8 Å². The Bertz CT molecular complexity index is 823. The molecule has 2 aromatic rings. The van der Waals surface area contributed by atoms with E-state index < -0.39 is 0 Å². The van der Waals surface area contributed by atoms with Crippen molar-refractivity contribution in [3.8, 4) is 0 Å². The summed E-state index contributed by atoms with van der Waals surface area (Å²) in [6.07, 6.45) is -0.00728. The lowest BCUT2D eigenvalue weighted by atomic mass is 9.98. The first kappa shape index (κ1) is 19.4. The topological polar surface area (TPSA) is 70.2 Å². The van der Waals surface area contributed by atoms with Gasteiger partial charge in [-0.15, -0.1) is 0 Å². The summed E-state index contributed by atoms with van der Waals surface area (Å²) in [7, 11) is 0. The van der Waals surface area contributed by atoms with Gasteiger partial charge < -0.3 is 10.6 Å². The van der Waals surface area contributed by atoms with Crippen LogP contribution in [0.5, 0.6) is 0 Å². The Morgan fingerprint density at radius 3 is 2.67 bits per heavy atom. The van der Waals surface area contributed by atoms with Crippen LogP contribution >= 0.6 is 11.6 Å². The first-order chi connectivity index (χ1) is 12.9. The molecule has 0 spiro atoms. The van der Waals surface area contributed by atoms with Crippen LogP contribution in [0, 0.1) is 5.92 Å². The van der Waals surface area contributed by atoms with Gasteiger partial charge >= 0.3 is 0 Å². The predicted molar refractivity (Wildman–Crippen MR) is 106 cm³/mol. The molecular weight excluding hydrogens is 362 g/mol. The third-order valence-electron chi connectivity index (χ3n) is 4.63. The molecule has 3 rings (SSSR count). The molecule has 27 heavy (non-hydrogen) atoms. The lowest BCUT2D eigenvalue weighted by Crippen LogP contribution is -2.46. The summed E-state index contributed by atoms with van der Waals surface area (Å²) in [4.78, 5) is 24.1. The molecular formula is C21H24ClN3O2. The molecule has 2 aromatic carbocycles. The van der Waals surface area contributed by atoms with Crippen molar-refractivity contribution in [1.29, 1.82) is 0 Å². The average molecular weight is 386 g/mol. The molecule has 1 heterocycles. The summed E-state index contributed by atoms with van der Waals surface area (Å²) in [6, 6.07) is 15.4. The summed E-state index contributed by atoms with van der Waals surface area (Å²) < 4.78 is 0. The van der Waals surface area contributed by atoms with E-state index in [1.54, 1.807) is 6.07 Å². The summed E-state index contributed by atoms with van der Waals surface area (Å²) in [5.74, 6) is -0.0929. The van der Waals surface area contributed by atoms with Crippen molar-refractivity contribution < 1.29 is 9.59 Å². The number of carbonyl (C=O) groups is 2. The summed E-state index contributed by atoms with van der Waals surface area (Å²) >= 11 is 6.41. The summed E-state index contributed by atoms with van der Waals surface area (Å²) in [6.45, 7) is 4.13. The average Bonchev–Trinajstić information content (AvgIpc) is 2.67. The minimum absolute atomic E-state index is 0.000245. The van der Waals surface area contributed by atoms with Gasteiger partial charge in [0.2, 0.25) is 11.8 Å². The molecule has 1 fully saturated rings. The lowest BCUT2D eigenvalue weighted by Gasteiger charge is -2.33. The van der Waals surface area contributed by atoms with Crippen LogP contribution < -0.4 is 16.0 Å². The number of halogens is 1. The van der Waals surface area contributed by atoms with E-state index in [1.165, 1.54) is 0 Å². The highest BCUT2D eigenvalue weighted by Gasteiger charge is 2.29. The highest BCUT2D eigenvalue weighted by molar-refractivity contribution is 6.31. The summed E-state index contributed by atoms with van der Waals surface area (Å²) in [5.41, 5.74) is 2.79. The second-order valence-electron chi connectivity index (χ2n) is 7.06. The van der Waals surface area contributed by atoms with Gasteiger partial charge in [-0.25, -0.2) is 0 Å². The zero-order chi connectivity index (χ0) is 19.4. The van der Waals surface area contributed by atoms with Gasteiger partial charge in [0, 0.05) is 35.5 Å². The third kappa shape index (κ3) is 4.87. The zero-order valence-corrected chi connectivity index (χ0v) is 16.2. The smallest absolute Gasteiger partial charge is 0.223 e. The van der Waals surface area contributed by atoms with Crippen LogP contribution in [0.2, 0.25) is 5.02 Å². The van der Waals surface area contributed by atoms with E-state index in [9.17, 15) is 9.59 Å². The maximum absolute atomic E-state index is 12.3. The second-order valence-corrected chi connectivity index (χ2v) is 7.47. The van der Waals surface area contributed by atoms with E-state index in [4.69, 9.17) is 11.6 Å². The molecule has 1 saturated heterocycles. The van der Waals surface area contributed by atoms with Crippen molar-refractivity contribution in [3.05, 3.63) is 70.2 Å². The number of benzene rings is 2. The molecule has 5 nitrogen and oxygen atoms in total. The Morgan fingerprint density at radius 1 is 1.22 bits per heavy atom. The van der Waals surface area contributed by atoms with Gasteiger partial charge in [0.25, 0.3) is 0 Å². The Morgan fingerprint density at radius 2 is 1.96 bits per heavy atom. The predicted octanol–water partition coefficient (Wildman–Crippen LogP) is 3.46. The van der Waals surface area contributed by atoms with Crippen LogP contribution in [0.15, 0.2) is 48.5 Å². The Kier molecular flexibility index (Phi) is 6.14. The molecule has 1 aliphatic rings. The molecule has 142 valence electrons.